The monoisotopic (exact) mass is 208 g/mol. The van der Waals surface area contributed by atoms with Crippen molar-refractivity contribution in [3.63, 3.8) is 0 Å². The molecule has 0 aromatic carbocycles. The Morgan fingerprint density at radius 1 is 1.07 bits per heavy atom. The van der Waals surface area contributed by atoms with Gasteiger partial charge in [0.15, 0.2) is 0 Å². The third-order valence-electron chi connectivity index (χ3n) is 2.11. The van der Waals surface area contributed by atoms with Crippen molar-refractivity contribution in [2.24, 2.45) is 0 Å². The molecule has 0 radical (unpaired) electrons. The number of anilines is 2. The fraction of sp³-hybridized carbons (Fsp3) is 0.636. The molecule has 0 aliphatic heterocycles. The van der Waals surface area contributed by atoms with Gasteiger partial charge in [-0.05, 0) is 13.3 Å². The van der Waals surface area contributed by atoms with E-state index in [4.69, 9.17) is 0 Å². The molecule has 4 heteroatoms. The van der Waals surface area contributed by atoms with Crippen molar-refractivity contribution in [1.82, 2.24) is 9.97 Å². The largest absolute Gasteiger partial charge is 0.370 e. The van der Waals surface area contributed by atoms with Crippen LogP contribution in [0.4, 0.5) is 11.6 Å². The zero-order chi connectivity index (χ0) is 10.9. The second-order valence-electron chi connectivity index (χ2n) is 3.45. The lowest BCUT2D eigenvalue weighted by molar-refractivity contribution is 0.742. The molecule has 0 aliphatic carbocycles. The first-order valence-electron chi connectivity index (χ1n) is 5.66. The molecule has 1 heterocycles. The lowest BCUT2D eigenvalue weighted by Gasteiger charge is -2.06. The van der Waals surface area contributed by atoms with E-state index in [0.717, 1.165) is 24.7 Å². The molecule has 0 saturated heterocycles. The van der Waals surface area contributed by atoms with Crippen LogP contribution in [-0.2, 0) is 0 Å². The topological polar surface area (TPSA) is 49.8 Å². The molecule has 4 nitrogen and oxygen atoms in total. The second kappa shape index (κ2) is 7.04. The first kappa shape index (κ1) is 11.8. The highest BCUT2D eigenvalue weighted by Gasteiger charge is 1.96. The van der Waals surface area contributed by atoms with Gasteiger partial charge >= 0.3 is 0 Å². The van der Waals surface area contributed by atoms with Crippen molar-refractivity contribution in [1.29, 1.82) is 0 Å². The van der Waals surface area contributed by atoms with Crippen LogP contribution in [0.15, 0.2) is 12.4 Å². The predicted molar refractivity (Wildman–Crippen MR) is 64.2 cm³/mol. The van der Waals surface area contributed by atoms with Gasteiger partial charge in [-0.1, -0.05) is 19.8 Å². The van der Waals surface area contributed by atoms with Gasteiger partial charge in [-0.15, -0.1) is 0 Å². The van der Waals surface area contributed by atoms with Crippen molar-refractivity contribution < 1.29 is 0 Å². The molecule has 1 rings (SSSR count). The highest BCUT2D eigenvalue weighted by Crippen LogP contribution is 2.08. The highest BCUT2D eigenvalue weighted by molar-refractivity contribution is 5.46. The first-order chi connectivity index (χ1) is 7.36. The van der Waals surface area contributed by atoms with Crippen LogP contribution in [-0.4, -0.2) is 23.1 Å². The zero-order valence-electron chi connectivity index (χ0n) is 9.58. The third-order valence-corrected chi connectivity index (χ3v) is 2.11. The third kappa shape index (κ3) is 4.63. The fourth-order valence-corrected chi connectivity index (χ4v) is 1.32. The quantitative estimate of drug-likeness (QED) is 0.676. The molecule has 0 amide bonds. The number of aromatic nitrogens is 2. The molecule has 0 atom stereocenters. The second-order valence-corrected chi connectivity index (χ2v) is 3.45. The molecule has 0 spiro atoms. The van der Waals surface area contributed by atoms with Gasteiger partial charge in [0.1, 0.15) is 18.0 Å². The summed E-state index contributed by atoms with van der Waals surface area (Å²) >= 11 is 0. The van der Waals surface area contributed by atoms with Gasteiger partial charge in [0.25, 0.3) is 0 Å². The Hall–Kier alpha value is -1.32. The summed E-state index contributed by atoms with van der Waals surface area (Å²) < 4.78 is 0. The summed E-state index contributed by atoms with van der Waals surface area (Å²) in [6, 6.07) is 1.94. The first-order valence-corrected chi connectivity index (χ1v) is 5.66. The standard InChI is InChI=1S/C11H20N4/c1-3-5-6-7-13-11-8-10(12-4-2)14-9-15-11/h8-9H,3-7H2,1-2H3,(H2,12,13,14,15). The summed E-state index contributed by atoms with van der Waals surface area (Å²) in [6.07, 6.45) is 5.28. The summed E-state index contributed by atoms with van der Waals surface area (Å²) in [5.74, 6) is 1.78. The van der Waals surface area contributed by atoms with Crippen LogP contribution in [0.3, 0.4) is 0 Å². The lowest BCUT2D eigenvalue weighted by Crippen LogP contribution is -2.05. The fourth-order valence-electron chi connectivity index (χ4n) is 1.32. The van der Waals surface area contributed by atoms with Gasteiger partial charge in [-0.3, -0.25) is 0 Å². The number of unbranched alkanes of at least 4 members (excludes halogenated alkanes) is 2. The van der Waals surface area contributed by atoms with Crippen LogP contribution >= 0.6 is 0 Å². The number of nitrogens with zero attached hydrogens (tertiary/aromatic N) is 2. The van der Waals surface area contributed by atoms with E-state index in [1.165, 1.54) is 19.3 Å². The van der Waals surface area contributed by atoms with Crippen LogP contribution in [0.25, 0.3) is 0 Å². The average molecular weight is 208 g/mol. The predicted octanol–water partition coefficient (Wildman–Crippen LogP) is 2.51. The summed E-state index contributed by atoms with van der Waals surface area (Å²) in [5, 5.41) is 6.45. The van der Waals surface area contributed by atoms with Crippen LogP contribution in [0.1, 0.15) is 33.1 Å². The number of hydrogen-bond acceptors (Lipinski definition) is 4. The Balaban J connectivity index is 2.36. The Morgan fingerprint density at radius 3 is 2.47 bits per heavy atom. The van der Waals surface area contributed by atoms with Gasteiger partial charge in [-0.25, -0.2) is 9.97 Å². The maximum atomic E-state index is 4.16. The van der Waals surface area contributed by atoms with Crippen LogP contribution in [0.5, 0.6) is 0 Å². The minimum Gasteiger partial charge on any atom is -0.370 e. The Labute approximate surface area is 91.5 Å². The van der Waals surface area contributed by atoms with E-state index in [9.17, 15) is 0 Å². The van der Waals surface area contributed by atoms with E-state index in [1.54, 1.807) is 6.33 Å². The maximum absolute atomic E-state index is 4.16. The Morgan fingerprint density at radius 2 is 1.80 bits per heavy atom. The van der Waals surface area contributed by atoms with E-state index >= 15 is 0 Å². The molecule has 0 fully saturated rings. The van der Waals surface area contributed by atoms with Crippen LogP contribution in [0, 0.1) is 0 Å². The van der Waals surface area contributed by atoms with Crippen molar-refractivity contribution in [3.8, 4) is 0 Å². The molecule has 0 saturated carbocycles. The van der Waals surface area contributed by atoms with Gasteiger partial charge < -0.3 is 10.6 Å². The average Bonchev–Trinajstić information content (AvgIpc) is 2.26. The summed E-state index contributed by atoms with van der Waals surface area (Å²) in [7, 11) is 0. The molecular formula is C11H20N4. The van der Waals surface area contributed by atoms with E-state index < -0.39 is 0 Å². The van der Waals surface area contributed by atoms with Crippen molar-refractivity contribution in [2.75, 3.05) is 23.7 Å². The van der Waals surface area contributed by atoms with Gasteiger partial charge in [0.2, 0.25) is 0 Å². The van der Waals surface area contributed by atoms with E-state index in [1.807, 2.05) is 6.07 Å². The van der Waals surface area contributed by atoms with Crippen LogP contribution in [0.2, 0.25) is 0 Å². The SMILES string of the molecule is CCCCCNc1cc(NCC)ncn1. The van der Waals surface area contributed by atoms with E-state index in [2.05, 4.69) is 34.4 Å². The van der Waals surface area contributed by atoms with E-state index in [0.29, 0.717) is 0 Å². The molecule has 1 aromatic heterocycles. The molecular weight excluding hydrogens is 188 g/mol. The van der Waals surface area contributed by atoms with Crippen molar-refractivity contribution in [2.45, 2.75) is 33.1 Å². The Bertz CT molecular complexity index is 275. The number of rotatable bonds is 7. The molecule has 1 aromatic rings. The summed E-state index contributed by atoms with van der Waals surface area (Å²) in [6.45, 7) is 6.12. The summed E-state index contributed by atoms with van der Waals surface area (Å²) in [4.78, 5) is 8.27. The van der Waals surface area contributed by atoms with Crippen molar-refractivity contribution in [3.05, 3.63) is 12.4 Å². The lowest BCUT2D eigenvalue weighted by atomic mass is 10.2. The molecule has 0 bridgehead atoms. The number of hydrogen-bond donors (Lipinski definition) is 2. The zero-order valence-corrected chi connectivity index (χ0v) is 9.58. The minimum atomic E-state index is 0.880. The van der Waals surface area contributed by atoms with Gasteiger partial charge in [-0.2, -0.15) is 0 Å². The van der Waals surface area contributed by atoms with Crippen molar-refractivity contribution >= 4 is 11.6 Å². The van der Waals surface area contributed by atoms with E-state index in [-0.39, 0.29) is 0 Å². The molecule has 2 N–H and O–H groups in total. The Kier molecular flexibility index (Phi) is 5.51. The normalized spacial score (nSPS) is 10.0. The minimum absolute atomic E-state index is 0.880. The molecule has 15 heavy (non-hydrogen) atoms. The maximum Gasteiger partial charge on any atom is 0.131 e. The van der Waals surface area contributed by atoms with Crippen LogP contribution < -0.4 is 10.6 Å². The number of nitrogens with one attached hydrogen (secondary N) is 2. The van der Waals surface area contributed by atoms with Gasteiger partial charge in [0.05, 0.1) is 0 Å². The highest BCUT2D eigenvalue weighted by atomic mass is 15.1. The van der Waals surface area contributed by atoms with Gasteiger partial charge in [0, 0.05) is 19.2 Å². The summed E-state index contributed by atoms with van der Waals surface area (Å²) in [5.41, 5.74) is 0. The molecule has 84 valence electrons. The molecule has 0 aliphatic rings. The molecule has 0 unspecified atom stereocenters. The smallest absolute Gasteiger partial charge is 0.131 e.